The van der Waals surface area contributed by atoms with Gasteiger partial charge in [0.2, 0.25) is 0 Å². The molecule has 3 aromatic rings. The predicted molar refractivity (Wildman–Crippen MR) is 104 cm³/mol. The fourth-order valence-corrected chi connectivity index (χ4v) is 2.68. The van der Waals surface area contributed by atoms with Gasteiger partial charge in [-0.25, -0.2) is 0 Å². The van der Waals surface area contributed by atoms with Gasteiger partial charge < -0.3 is 14.8 Å². The molecule has 1 amide bonds. The molecule has 0 saturated carbocycles. The highest BCUT2D eigenvalue weighted by molar-refractivity contribution is 6.05. The Morgan fingerprint density at radius 2 is 1.44 bits per heavy atom. The van der Waals surface area contributed by atoms with Gasteiger partial charge in [-0.05, 0) is 59.7 Å². The van der Waals surface area contributed by atoms with E-state index < -0.39 is 30.8 Å². The largest absolute Gasteiger partial charge is 0.461 e. The molecule has 0 aliphatic heterocycles. The second kappa shape index (κ2) is 9.63. The van der Waals surface area contributed by atoms with E-state index in [9.17, 15) is 31.1 Å². The summed E-state index contributed by atoms with van der Waals surface area (Å²) >= 11 is 0. The van der Waals surface area contributed by atoms with Crippen LogP contribution < -0.4 is 14.8 Å². The summed E-state index contributed by atoms with van der Waals surface area (Å²) in [7, 11) is 0. The first-order chi connectivity index (χ1) is 15.1. The van der Waals surface area contributed by atoms with Crippen LogP contribution >= 0.6 is 0 Å². The maximum Gasteiger partial charge on any atom is 0.461 e. The van der Waals surface area contributed by atoms with E-state index in [-0.39, 0.29) is 17.0 Å². The van der Waals surface area contributed by atoms with Crippen LogP contribution in [0.3, 0.4) is 0 Å². The average molecular weight is 455 g/mol. The standard InChI is InChI=1S/C22H15F6NO3/c23-20(24)22(27,28)32-18-10-6-16(7-11-18)29-19(30)15-3-1-2-14(12-15)13-4-8-17(9-5-13)31-21(25)26/h1-12,20-21H,(H,29,30). The number of amides is 1. The summed E-state index contributed by atoms with van der Waals surface area (Å²) < 4.78 is 83.0. The van der Waals surface area contributed by atoms with Crippen LogP contribution in [0.25, 0.3) is 11.1 Å². The van der Waals surface area contributed by atoms with Crippen molar-refractivity contribution in [2.75, 3.05) is 5.32 Å². The smallest absolute Gasteiger partial charge is 0.435 e. The lowest BCUT2D eigenvalue weighted by Gasteiger charge is -2.17. The Morgan fingerprint density at radius 1 is 0.812 bits per heavy atom. The molecule has 4 nitrogen and oxygen atoms in total. The SMILES string of the molecule is O=C(Nc1ccc(OC(F)(F)C(F)F)cc1)c1cccc(-c2ccc(OC(F)F)cc2)c1. The minimum absolute atomic E-state index is 0.00335. The molecule has 168 valence electrons. The quantitative estimate of drug-likeness (QED) is 0.398. The molecule has 0 fully saturated rings. The summed E-state index contributed by atoms with van der Waals surface area (Å²) in [6.07, 6.45) is -8.61. The van der Waals surface area contributed by atoms with Crippen LogP contribution in [0.15, 0.2) is 72.8 Å². The average Bonchev–Trinajstić information content (AvgIpc) is 2.75. The van der Waals surface area contributed by atoms with E-state index in [1.54, 1.807) is 30.3 Å². The van der Waals surface area contributed by atoms with Crippen molar-refractivity contribution in [2.45, 2.75) is 19.1 Å². The van der Waals surface area contributed by atoms with Gasteiger partial charge in [-0.2, -0.15) is 26.3 Å². The summed E-state index contributed by atoms with van der Waals surface area (Å²) in [6, 6.07) is 16.8. The molecule has 0 heterocycles. The Hall–Kier alpha value is -3.69. The highest BCUT2D eigenvalue weighted by Gasteiger charge is 2.43. The van der Waals surface area contributed by atoms with Crippen molar-refractivity contribution in [3.05, 3.63) is 78.4 Å². The van der Waals surface area contributed by atoms with Crippen LogP contribution in [-0.2, 0) is 0 Å². The molecule has 0 aliphatic rings. The zero-order valence-electron chi connectivity index (χ0n) is 16.1. The van der Waals surface area contributed by atoms with Crippen molar-refractivity contribution in [3.8, 4) is 22.6 Å². The van der Waals surface area contributed by atoms with Gasteiger partial charge in [0.1, 0.15) is 11.5 Å². The molecule has 0 unspecified atom stereocenters. The van der Waals surface area contributed by atoms with E-state index in [0.717, 1.165) is 12.1 Å². The monoisotopic (exact) mass is 455 g/mol. The second-order valence-corrected chi connectivity index (χ2v) is 6.43. The Balaban J connectivity index is 1.68. The van der Waals surface area contributed by atoms with Crippen molar-refractivity contribution >= 4 is 11.6 Å². The van der Waals surface area contributed by atoms with Crippen LogP contribution in [0.2, 0.25) is 0 Å². The van der Waals surface area contributed by atoms with Gasteiger partial charge in [0.05, 0.1) is 0 Å². The van der Waals surface area contributed by atoms with Crippen LogP contribution in [-0.4, -0.2) is 25.1 Å². The molecule has 3 rings (SSSR count). The number of alkyl halides is 6. The maximum absolute atomic E-state index is 12.9. The number of hydrogen-bond donors (Lipinski definition) is 1. The molecule has 32 heavy (non-hydrogen) atoms. The molecule has 0 radical (unpaired) electrons. The predicted octanol–water partition coefficient (Wildman–Crippen LogP) is 6.44. The highest BCUT2D eigenvalue weighted by Crippen LogP contribution is 2.28. The zero-order chi connectivity index (χ0) is 23.3. The number of nitrogens with one attached hydrogen (secondary N) is 1. The van der Waals surface area contributed by atoms with Crippen molar-refractivity contribution in [2.24, 2.45) is 0 Å². The third-order valence-corrected chi connectivity index (χ3v) is 4.16. The Bertz CT molecular complexity index is 1060. The third kappa shape index (κ3) is 5.93. The number of benzene rings is 3. The Labute approximate surface area is 178 Å². The van der Waals surface area contributed by atoms with Gasteiger partial charge in [-0.3, -0.25) is 4.79 Å². The summed E-state index contributed by atoms with van der Waals surface area (Å²) in [5.74, 6) is -1.01. The number of carbonyl (C=O) groups is 1. The molecule has 1 N–H and O–H groups in total. The number of rotatable bonds is 8. The van der Waals surface area contributed by atoms with E-state index in [0.29, 0.717) is 11.1 Å². The molecule has 3 aromatic carbocycles. The van der Waals surface area contributed by atoms with Crippen LogP contribution in [0.5, 0.6) is 11.5 Å². The third-order valence-electron chi connectivity index (χ3n) is 4.16. The zero-order valence-corrected chi connectivity index (χ0v) is 16.1. The highest BCUT2D eigenvalue weighted by atomic mass is 19.3. The molecule has 0 aromatic heterocycles. The van der Waals surface area contributed by atoms with Crippen molar-refractivity contribution < 1.29 is 40.6 Å². The summed E-state index contributed by atoms with van der Waals surface area (Å²) in [6.45, 7) is -2.94. The van der Waals surface area contributed by atoms with Gasteiger partial charge in [0.15, 0.2) is 0 Å². The Morgan fingerprint density at radius 3 is 2.03 bits per heavy atom. The lowest BCUT2D eigenvalue weighted by atomic mass is 10.0. The number of hydrogen-bond acceptors (Lipinski definition) is 3. The molecular formula is C22H15F6NO3. The van der Waals surface area contributed by atoms with E-state index in [1.807, 2.05) is 0 Å². The van der Waals surface area contributed by atoms with Crippen molar-refractivity contribution in [3.63, 3.8) is 0 Å². The molecule has 0 aliphatic carbocycles. The lowest BCUT2D eigenvalue weighted by Crippen LogP contribution is -2.33. The van der Waals surface area contributed by atoms with E-state index in [2.05, 4.69) is 14.8 Å². The number of halogens is 6. The van der Waals surface area contributed by atoms with Gasteiger partial charge in [-0.15, -0.1) is 0 Å². The van der Waals surface area contributed by atoms with Gasteiger partial charge in [0.25, 0.3) is 5.91 Å². The molecule has 0 spiro atoms. The summed E-state index contributed by atoms with van der Waals surface area (Å²) in [5.41, 5.74) is 1.78. The number of ether oxygens (including phenoxy) is 2. The van der Waals surface area contributed by atoms with Gasteiger partial charge in [-0.1, -0.05) is 24.3 Å². The molecule has 10 heteroatoms. The molecule has 0 bridgehead atoms. The topological polar surface area (TPSA) is 47.6 Å². The molecule has 0 atom stereocenters. The molecule has 0 saturated heterocycles. The van der Waals surface area contributed by atoms with Gasteiger partial charge >= 0.3 is 19.1 Å². The number of anilines is 1. The Kier molecular flexibility index (Phi) is 6.92. The summed E-state index contributed by atoms with van der Waals surface area (Å²) in [5, 5.41) is 2.55. The number of carbonyl (C=O) groups excluding carboxylic acids is 1. The van der Waals surface area contributed by atoms with Gasteiger partial charge in [0, 0.05) is 11.3 Å². The van der Waals surface area contributed by atoms with E-state index in [1.165, 1.54) is 30.3 Å². The van der Waals surface area contributed by atoms with Crippen LogP contribution in [0.4, 0.5) is 32.0 Å². The van der Waals surface area contributed by atoms with Crippen LogP contribution in [0.1, 0.15) is 10.4 Å². The minimum atomic E-state index is -4.63. The van der Waals surface area contributed by atoms with Crippen molar-refractivity contribution in [1.82, 2.24) is 0 Å². The van der Waals surface area contributed by atoms with E-state index in [4.69, 9.17) is 0 Å². The van der Waals surface area contributed by atoms with Crippen molar-refractivity contribution in [1.29, 1.82) is 0 Å². The fraction of sp³-hybridized carbons (Fsp3) is 0.136. The lowest BCUT2D eigenvalue weighted by molar-refractivity contribution is -0.253. The molecular weight excluding hydrogens is 440 g/mol. The first kappa shape index (κ1) is 23.0. The first-order valence-corrected chi connectivity index (χ1v) is 9.06. The first-order valence-electron chi connectivity index (χ1n) is 9.06. The fourth-order valence-electron chi connectivity index (χ4n) is 2.68. The normalized spacial score (nSPS) is 11.5. The minimum Gasteiger partial charge on any atom is -0.435 e. The van der Waals surface area contributed by atoms with E-state index >= 15 is 0 Å². The van der Waals surface area contributed by atoms with Crippen LogP contribution in [0, 0.1) is 0 Å². The maximum atomic E-state index is 12.9. The second-order valence-electron chi connectivity index (χ2n) is 6.43. The summed E-state index contributed by atoms with van der Waals surface area (Å²) in [4.78, 5) is 12.5.